The first-order valence-electron chi connectivity index (χ1n) is 15.2. The first kappa shape index (κ1) is 29.5. The second-order valence-corrected chi connectivity index (χ2v) is 15.5. The number of ether oxygens (including phenoxy) is 1. The van der Waals surface area contributed by atoms with E-state index in [0.29, 0.717) is 25.4 Å². The lowest BCUT2D eigenvalue weighted by atomic mass is 9.68. The molecule has 2 aliphatic heterocycles. The number of aryl methyl sites for hydroxylation is 1. The third-order valence-corrected chi connectivity index (χ3v) is 12.7. The average Bonchev–Trinajstić information content (AvgIpc) is 3.09. The summed E-state index contributed by atoms with van der Waals surface area (Å²) in [5, 5.41) is 11.1. The van der Waals surface area contributed by atoms with Crippen molar-refractivity contribution in [3.63, 3.8) is 0 Å². The van der Waals surface area contributed by atoms with Gasteiger partial charge in [-0.25, -0.2) is 13.1 Å². The van der Waals surface area contributed by atoms with Crippen molar-refractivity contribution in [2.75, 3.05) is 24.6 Å². The maximum atomic E-state index is 13.4. The Kier molecular flexibility index (Phi) is 7.86. The molecule has 1 amide bonds. The lowest BCUT2D eigenvalue weighted by molar-refractivity contribution is 0.0454. The number of nitrogens with zero attached hydrogens (tertiary/aromatic N) is 1. The fraction of sp³-hybridized carbons (Fsp3) is 0.545. The molecule has 226 valence electrons. The van der Waals surface area contributed by atoms with Crippen LogP contribution in [0.4, 0.5) is 5.69 Å². The van der Waals surface area contributed by atoms with Crippen molar-refractivity contribution in [1.29, 1.82) is 0 Å². The van der Waals surface area contributed by atoms with Crippen LogP contribution in [0.3, 0.4) is 0 Å². The molecule has 2 aliphatic carbocycles. The monoisotopic (exact) mass is 612 g/mol. The summed E-state index contributed by atoms with van der Waals surface area (Å²) < 4.78 is 35.4. The molecule has 4 aliphatic rings. The number of anilines is 1. The van der Waals surface area contributed by atoms with Gasteiger partial charge in [-0.3, -0.25) is 4.79 Å². The molecule has 9 heteroatoms. The molecule has 7 atom stereocenters. The van der Waals surface area contributed by atoms with E-state index < -0.39 is 27.3 Å². The van der Waals surface area contributed by atoms with E-state index in [-0.39, 0.29) is 34.7 Å². The lowest BCUT2D eigenvalue weighted by Gasteiger charge is -2.45. The van der Waals surface area contributed by atoms with E-state index in [1.807, 2.05) is 32.1 Å². The summed E-state index contributed by atoms with van der Waals surface area (Å²) >= 11 is 6.39. The molecule has 1 saturated carbocycles. The second-order valence-electron chi connectivity index (χ2n) is 13.1. The molecular weight excluding hydrogens is 572 g/mol. The molecule has 7 nitrogen and oxygen atoms in total. The maximum absolute atomic E-state index is 13.4. The number of benzene rings is 2. The van der Waals surface area contributed by atoms with Crippen molar-refractivity contribution < 1.29 is 23.1 Å². The van der Waals surface area contributed by atoms with Crippen molar-refractivity contribution in [3.8, 4) is 5.75 Å². The highest BCUT2D eigenvalue weighted by Crippen LogP contribution is 2.46. The summed E-state index contributed by atoms with van der Waals surface area (Å²) in [6.45, 7) is 7.36. The van der Waals surface area contributed by atoms with Gasteiger partial charge in [0.15, 0.2) is 0 Å². The zero-order valence-electron chi connectivity index (χ0n) is 24.6. The third-order valence-electron chi connectivity index (χ3n) is 10.6. The summed E-state index contributed by atoms with van der Waals surface area (Å²) in [7, 11) is -3.94. The molecule has 2 N–H and O–H groups in total. The summed E-state index contributed by atoms with van der Waals surface area (Å²) in [5.41, 5.74) is 3.32. The Morgan fingerprint density at radius 3 is 2.67 bits per heavy atom. The molecule has 6 rings (SSSR count). The van der Waals surface area contributed by atoms with E-state index in [1.165, 1.54) is 11.1 Å². The molecule has 0 saturated heterocycles. The molecular formula is C33H41ClN2O5S. The number of halogens is 1. The number of allylic oxidation sites excluding steroid dienone is 1. The van der Waals surface area contributed by atoms with Crippen LogP contribution in [-0.2, 0) is 21.9 Å². The van der Waals surface area contributed by atoms with E-state index >= 15 is 0 Å². The SMILES string of the molecule is C[C@@H]1[C@H](C)/C=C\[C@H](O)[C@@H]2CC[C@H]2CN2C[C@@]3(CCCc4cc(Cl)ccc43)COc3ccc(cc32)C(=O)NS(=O)(=O)[C@H]1C. The first-order chi connectivity index (χ1) is 20.0. The van der Waals surface area contributed by atoms with E-state index in [0.717, 1.165) is 42.8 Å². The van der Waals surface area contributed by atoms with Crippen LogP contribution in [-0.4, -0.2) is 50.5 Å². The van der Waals surface area contributed by atoms with Gasteiger partial charge in [-0.2, -0.15) is 0 Å². The van der Waals surface area contributed by atoms with Gasteiger partial charge in [0.1, 0.15) is 5.75 Å². The Morgan fingerprint density at radius 2 is 1.90 bits per heavy atom. The number of nitrogens with one attached hydrogen (secondary N) is 1. The van der Waals surface area contributed by atoms with Gasteiger partial charge in [-0.1, -0.05) is 43.7 Å². The van der Waals surface area contributed by atoms with E-state index in [1.54, 1.807) is 25.1 Å². The van der Waals surface area contributed by atoms with Crippen LogP contribution in [0.5, 0.6) is 5.75 Å². The molecule has 42 heavy (non-hydrogen) atoms. The standard InChI is InChI=1S/C33H41ClN2O5S/c1-20-6-12-30(37)27-10-7-25(27)17-36-18-33(14-4-5-23-15-26(34)9-11-28(23)33)19-41-31-13-8-24(16-29(31)36)32(38)35-42(39,40)22(3)21(20)2/h6,8-9,11-13,15-16,20-22,25,27,30,37H,4-5,7,10,14,17-19H2,1-3H3,(H,35,38)/b12-6-/t20-,21-,22+,25+,27-,30+,33+/m1/s1. The van der Waals surface area contributed by atoms with Crippen molar-refractivity contribution >= 4 is 33.2 Å². The predicted octanol–water partition coefficient (Wildman–Crippen LogP) is 5.49. The molecule has 2 aromatic rings. The molecule has 2 aromatic carbocycles. The van der Waals surface area contributed by atoms with Gasteiger partial charge in [0.05, 0.1) is 23.6 Å². The molecule has 0 aromatic heterocycles. The van der Waals surface area contributed by atoms with Gasteiger partial charge >= 0.3 is 0 Å². The van der Waals surface area contributed by atoms with Crippen molar-refractivity contribution in [1.82, 2.24) is 4.72 Å². The van der Waals surface area contributed by atoms with Gasteiger partial charge in [0.25, 0.3) is 5.91 Å². The smallest absolute Gasteiger partial charge is 0.264 e. The Hall–Kier alpha value is -2.55. The van der Waals surface area contributed by atoms with Gasteiger partial charge in [-0.05, 0) is 104 Å². The van der Waals surface area contributed by atoms with Crippen LogP contribution in [0.1, 0.15) is 67.9 Å². The number of hydrogen-bond donors (Lipinski definition) is 2. The van der Waals surface area contributed by atoms with Crippen LogP contribution in [0, 0.1) is 23.7 Å². The largest absolute Gasteiger partial charge is 0.490 e. The fourth-order valence-corrected chi connectivity index (χ4v) is 8.98. The minimum absolute atomic E-state index is 0.0962. The minimum atomic E-state index is -3.94. The molecule has 1 fully saturated rings. The molecule has 2 bridgehead atoms. The summed E-state index contributed by atoms with van der Waals surface area (Å²) in [4.78, 5) is 15.7. The van der Waals surface area contributed by atoms with Crippen LogP contribution in [0.15, 0.2) is 48.6 Å². The number of rotatable bonds is 0. The Balaban J connectivity index is 1.43. The van der Waals surface area contributed by atoms with Crippen molar-refractivity contribution in [2.45, 2.75) is 69.6 Å². The number of aliphatic hydroxyl groups excluding tert-OH is 1. The molecule has 1 spiro atoms. The highest BCUT2D eigenvalue weighted by atomic mass is 35.5. The van der Waals surface area contributed by atoms with Crippen molar-refractivity contribution in [2.24, 2.45) is 23.7 Å². The number of carbonyl (C=O) groups is 1. The normalized spacial score (nSPS) is 35.1. The highest BCUT2D eigenvalue weighted by Gasteiger charge is 2.44. The Labute approximate surface area is 254 Å². The second kappa shape index (κ2) is 11.2. The average molecular weight is 613 g/mol. The predicted molar refractivity (Wildman–Crippen MR) is 166 cm³/mol. The number of sulfonamides is 1. The Morgan fingerprint density at radius 1 is 1.10 bits per heavy atom. The molecule has 0 unspecified atom stereocenters. The van der Waals surface area contributed by atoms with Gasteiger partial charge < -0.3 is 14.7 Å². The topological polar surface area (TPSA) is 95.9 Å². The molecule has 0 radical (unpaired) electrons. The zero-order valence-corrected chi connectivity index (χ0v) is 26.1. The van der Waals surface area contributed by atoms with E-state index in [4.69, 9.17) is 16.3 Å². The van der Waals surface area contributed by atoms with E-state index in [2.05, 4.69) is 21.8 Å². The van der Waals surface area contributed by atoms with Crippen LogP contribution in [0.2, 0.25) is 5.02 Å². The van der Waals surface area contributed by atoms with Gasteiger partial charge in [0, 0.05) is 29.1 Å². The maximum Gasteiger partial charge on any atom is 0.264 e. The fourth-order valence-electron chi connectivity index (χ4n) is 7.41. The number of hydrogen-bond acceptors (Lipinski definition) is 6. The number of fused-ring (bicyclic) bond motifs is 4. The third kappa shape index (κ3) is 5.35. The van der Waals surface area contributed by atoms with Crippen LogP contribution >= 0.6 is 11.6 Å². The van der Waals surface area contributed by atoms with Crippen molar-refractivity contribution in [3.05, 3.63) is 70.3 Å². The first-order valence-corrected chi connectivity index (χ1v) is 17.1. The summed E-state index contributed by atoms with van der Waals surface area (Å²) in [5.74, 6) is 0.0790. The Bertz CT molecular complexity index is 1510. The highest BCUT2D eigenvalue weighted by molar-refractivity contribution is 7.90. The molecule has 2 heterocycles. The van der Waals surface area contributed by atoms with Crippen LogP contribution < -0.4 is 14.4 Å². The van der Waals surface area contributed by atoms with Gasteiger partial charge in [0.2, 0.25) is 10.0 Å². The minimum Gasteiger partial charge on any atom is -0.490 e. The zero-order chi connectivity index (χ0) is 29.8. The number of amides is 1. The number of carbonyl (C=O) groups excluding carboxylic acids is 1. The number of aliphatic hydroxyl groups is 1. The quantitative estimate of drug-likeness (QED) is 0.382. The van der Waals surface area contributed by atoms with Crippen LogP contribution in [0.25, 0.3) is 0 Å². The summed E-state index contributed by atoms with van der Waals surface area (Å²) in [6.07, 6.45) is 8.11. The van der Waals surface area contributed by atoms with E-state index in [9.17, 15) is 18.3 Å². The lowest BCUT2D eigenvalue weighted by Crippen LogP contribution is -2.49. The van der Waals surface area contributed by atoms with Gasteiger partial charge in [-0.15, -0.1) is 0 Å². The summed E-state index contributed by atoms with van der Waals surface area (Å²) in [6, 6.07) is 11.4.